The van der Waals surface area contributed by atoms with E-state index in [0.717, 1.165) is 16.5 Å². The number of fused-ring (bicyclic) bond motifs is 1. The lowest BCUT2D eigenvalue weighted by molar-refractivity contribution is -0.143. The summed E-state index contributed by atoms with van der Waals surface area (Å²) in [7, 11) is 0. The van der Waals surface area contributed by atoms with Gasteiger partial charge in [0.1, 0.15) is 5.88 Å². The first-order chi connectivity index (χ1) is 16.9. The highest BCUT2D eigenvalue weighted by atomic mass is 35.5. The van der Waals surface area contributed by atoms with Crippen molar-refractivity contribution in [2.45, 2.75) is 24.8 Å². The second kappa shape index (κ2) is 9.68. The van der Waals surface area contributed by atoms with E-state index in [1.165, 1.54) is 9.80 Å². The first-order valence-electron chi connectivity index (χ1n) is 10.9. The second-order valence-corrected chi connectivity index (χ2v) is 8.75. The Hall–Kier alpha value is -3.21. The minimum atomic E-state index is -5.08. The van der Waals surface area contributed by atoms with Crippen LogP contribution in [0.5, 0.6) is 0 Å². The van der Waals surface area contributed by atoms with Crippen molar-refractivity contribution in [3.05, 3.63) is 70.9 Å². The Labute approximate surface area is 206 Å². The van der Waals surface area contributed by atoms with Gasteiger partial charge in [0.2, 0.25) is 5.91 Å². The molecule has 1 aliphatic rings. The number of para-hydroxylation sites is 1. The van der Waals surface area contributed by atoms with Crippen molar-refractivity contribution in [3.63, 3.8) is 0 Å². The average Bonchev–Trinajstić information content (AvgIpc) is 3.24. The fourth-order valence-electron chi connectivity index (χ4n) is 4.41. The Morgan fingerprint density at radius 2 is 1.61 bits per heavy atom. The van der Waals surface area contributed by atoms with Crippen molar-refractivity contribution < 1.29 is 35.9 Å². The summed E-state index contributed by atoms with van der Waals surface area (Å²) in [5.41, 5.74) is -2.25. The molecule has 0 bridgehead atoms. The molecule has 12 heteroatoms. The summed E-state index contributed by atoms with van der Waals surface area (Å²) in [6, 6.07) is 7.46. The third-order valence-electron chi connectivity index (χ3n) is 6.18. The van der Waals surface area contributed by atoms with E-state index in [0.29, 0.717) is 12.1 Å². The molecule has 0 spiro atoms. The maximum Gasteiger partial charge on any atom is 0.416 e. The number of nitrogens with one attached hydrogen (secondary N) is 1. The van der Waals surface area contributed by atoms with Crippen LogP contribution in [0, 0.1) is 0 Å². The van der Waals surface area contributed by atoms with Gasteiger partial charge in [-0.1, -0.05) is 18.2 Å². The van der Waals surface area contributed by atoms with Crippen molar-refractivity contribution in [1.29, 1.82) is 0 Å². The lowest BCUT2D eigenvalue weighted by Gasteiger charge is -2.41. The fourth-order valence-corrected chi connectivity index (χ4v) is 4.58. The van der Waals surface area contributed by atoms with Crippen molar-refractivity contribution in [2.75, 3.05) is 25.5 Å². The number of nitrogens with zero attached hydrogens (tertiary/aromatic N) is 2. The molecule has 2 aromatic carbocycles. The molecule has 1 N–H and O–H groups in total. The van der Waals surface area contributed by atoms with Crippen LogP contribution in [-0.4, -0.2) is 58.2 Å². The van der Waals surface area contributed by atoms with Gasteiger partial charge in [-0.25, -0.2) is 0 Å². The number of hydrogen-bond acceptors (Lipinski definition) is 2. The fraction of sp³-hybridized carbons (Fsp3) is 0.333. The number of aromatic nitrogens is 1. The summed E-state index contributed by atoms with van der Waals surface area (Å²) in [4.78, 5) is 31.3. The summed E-state index contributed by atoms with van der Waals surface area (Å²) < 4.78 is 80.1. The second-order valence-electron chi connectivity index (χ2n) is 8.48. The first kappa shape index (κ1) is 25.9. The molecule has 4 rings (SSSR count). The van der Waals surface area contributed by atoms with Crippen LogP contribution < -0.4 is 0 Å². The highest BCUT2D eigenvalue weighted by Crippen LogP contribution is 2.37. The topological polar surface area (TPSA) is 56.4 Å². The Morgan fingerprint density at radius 3 is 2.22 bits per heavy atom. The van der Waals surface area contributed by atoms with Crippen LogP contribution in [0.3, 0.4) is 0 Å². The van der Waals surface area contributed by atoms with E-state index in [9.17, 15) is 35.9 Å². The van der Waals surface area contributed by atoms with Gasteiger partial charge in [-0.15, -0.1) is 11.6 Å². The van der Waals surface area contributed by atoms with E-state index in [1.807, 2.05) is 24.3 Å². The van der Waals surface area contributed by atoms with Crippen molar-refractivity contribution >= 4 is 34.3 Å². The minimum Gasteiger partial charge on any atom is -0.361 e. The Morgan fingerprint density at radius 1 is 0.972 bits per heavy atom. The summed E-state index contributed by atoms with van der Waals surface area (Å²) in [6.45, 7) is 0.000732. The van der Waals surface area contributed by atoms with Gasteiger partial charge in [0.15, 0.2) is 0 Å². The molecule has 36 heavy (non-hydrogen) atoms. The quantitative estimate of drug-likeness (QED) is 0.365. The van der Waals surface area contributed by atoms with Gasteiger partial charge in [-0.05, 0) is 36.2 Å². The zero-order chi connectivity index (χ0) is 26.3. The van der Waals surface area contributed by atoms with Crippen LogP contribution in [0.1, 0.15) is 27.0 Å². The number of hydrogen-bond donors (Lipinski definition) is 1. The van der Waals surface area contributed by atoms with Crippen LogP contribution >= 0.6 is 11.6 Å². The van der Waals surface area contributed by atoms with Crippen LogP contribution in [0.2, 0.25) is 0 Å². The van der Waals surface area contributed by atoms with Crippen LogP contribution in [-0.2, 0) is 23.6 Å². The lowest BCUT2D eigenvalue weighted by atomic mass is 9.98. The molecule has 1 atom stereocenters. The predicted molar refractivity (Wildman–Crippen MR) is 121 cm³/mol. The highest BCUT2D eigenvalue weighted by molar-refractivity contribution is 6.27. The number of carbonyl (C=O) groups is 2. The van der Waals surface area contributed by atoms with Crippen LogP contribution in [0.15, 0.2) is 48.7 Å². The average molecular weight is 532 g/mol. The minimum absolute atomic E-state index is 0.0166. The van der Waals surface area contributed by atoms with E-state index in [-0.39, 0.29) is 43.9 Å². The molecule has 192 valence electrons. The number of halogens is 7. The van der Waals surface area contributed by atoms with Gasteiger partial charge >= 0.3 is 12.4 Å². The van der Waals surface area contributed by atoms with Gasteiger partial charge in [0.25, 0.3) is 5.91 Å². The molecule has 1 saturated heterocycles. The first-order valence-corrected chi connectivity index (χ1v) is 11.4. The Bertz CT molecular complexity index is 1250. The van der Waals surface area contributed by atoms with Crippen molar-refractivity contribution in [3.8, 4) is 0 Å². The predicted octanol–water partition coefficient (Wildman–Crippen LogP) is 5.34. The van der Waals surface area contributed by atoms with Crippen LogP contribution in [0.4, 0.5) is 26.3 Å². The van der Waals surface area contributed by atoms with Gasteiger partial charge in [-0.2, -0.15) is 26.3 Å². The molecule has 3 aromatic rings. The maximum atomic E-state index is 13.4. The molecule has 2 heterocycles. The van der Waals surface area contributed by atoms with E-state index in [2.05, 4.69) is 4.98 Å². The van der Waals surface area contributed by atoms with Gasteiger partial charge in [-0.3, -0.25) is 9.59 Å². The summed E-state index contributed by atoms with van der Waals surface area (Å²) in [5.74, 6) is -1.66. The number of aromatic amines is 1. The molecule has 2 amide bonds. The molecule has 1 aliphatic heterocycles. The molecule has 0 unspecified atom stereocenters. The molecule has 0 radical (unpaired) electrons. The maximum absolute atomic E-state index is 13.4. The van der Waals surface area contributed by atoms with E-state index >= 15 is 0 Å². The number of amides is 2. The van der Waals surface area contributed by atoms with E-state index < -0.39 is 41.0 Å². The van der Waals surface area contributed by atoms with Gasteiger partial charge in [0, 0.05) is 42.3 Å². The number of H-pyrrole nitrogens is 1. The molecule has 0 saturated carbocycles. The summed E-state index contributed by atoms with van der Waals surface area (Å²) in [5, 5.41) is 0.851. The van der Waals surface area contributed by atoms with E-state index in [4.69, 9.17) is 11.6 Å². The monoisotopic (exact) mass is 531 g/mol. The smallest absolute Gasteiger partial charge is 0.361 e. The third kappa shape index (κ3) is 5.30. The van der Waals surface area contributed by atoms with Gasteiger partial charge in [0.05, 0.1) is 17.2 Å². The molecular weight excluding hydrogens is 512 g/mol. The highest BCUT2D eigenvalue weighted by Gasteiger charge is 2.39. The van der Waals surface area contributed by atoms with Crippen LogP contribution in [0.25, 0.3) is 10.9 Å². The molecule has 1 aromatic heterocycles. The SMILES string of the molecule is O=C(CCl)N1CCN(C(=O)c2cc(C(F)(F)F)cc(C(F)(F)F)c2)[C@H](Cc2c[nH]c3ccccc23)C1. The van der Waals surface area contributed by atoms with E-state index in [1.54, 1.807) is 6.20 Å². The zero-order valence-electron chi connectivity index (χ0n) is 18.6. The number of rotatable bonds is 4. The molecule has 5 nitrogen and oxygen atoms in total. The lowest BCUT2D eigenvalue weighted by Crippen LogP contribution is -2.57. The Balaban J connectivity index is 1.72. The van der Waals surface area contributed by atoms with Gasteiger partial charge < -0.3 is 14.8 Å². The normalized spacial score (nSPS) is 17.0. The standard InChI is InChI=1S/C24H20ClF6N3O2/c25-11-21(35)33-5-6-34(18(13-33)9-15-12-32-20-4-2-1-3-19(15)20)22(36)14-7-16(23(26,27)28)10-17(8-14)24(29,30)31/h1-4,7-8,10,12,18,32H,5-6,9,11,13H2/t18-/m1/s1. The summed E-state index contributed by atoms with van der Waals surface area (Å²) in [6.07, 6.45) is -8.22. The molecular formula is C24H20ClF6N3O2. The van der Waals surface area contributed by atoms with Crippen molar-refractivity contribution in [1.82, 2.24) is 14.8 Å². The zero-order valence-corrected chi connectivity index (χ0v) is 19.3. The molecule has 1 fully saturated rings. The van der Waals surface area contributed by atoms with Crippen molar-refractivity contribution in [2.24, 2.45) is 0 Å². The summed E-state index contributed by atoms with van der Waals surface area (Å²) >= 11 is 5.68. The Kier molecular flexibility index (Phi) is 6.96. The number of alkyl halides is 7. The third-order valence-corrected chi connectivity index (χ3v) is 6.40. The largest absolute Gasteiger partial charge is 0.416 e. The molecule has 0 aliphatic carbocycles. The number of carbonyl (C=O) groups excluding carboxylic acids is 2. The number of benzene rings is 2. The number of piperazine rings is 1.